The SMILES string of the molecule is CCn1nc(C(=O)O)cc1F. The van der Waals surface area contributed by atoms with Crippen molar-refractivity contribution in [1.82, 2.24) is 9.78 Å². The standard InChI is InChI=1S/C6H7FN2O2/c1-2-9-5(7)3-4(8-9)6(10)11/h3H,2H2,1H3,(H,10,11). The molecule has 1 aromatic rings. The van der Waals surface area contributed by atoms with Crippen molar-refractivity contribution >= 4 is 5.97 Å². The van der Waals surface area contributed by atoms with Crippen LogP contribution in [0.1, 0.15) is 17.4 Å². The largest absolute Gasteiger partial charge is 0.476 e. The average molecular weight is 158 g/mol. The highest BCUT2D eigenvalue weighted by Gasteiger charge is 2.10. The summed E-state index contributed by atoms with van der Waals surface area (Å²) in [7, 11) is 0. The van der Waals surface area contributed by atoms with Crippen molar-refractivity contribution in [3.05, 3.63) is 17.7 Å². The zero-order valence-corrected chi connectivity index (χ0v) is 5.91. The van der Waals surface area contributed by atoms with Crippen LogP contribution in [-0.4, -0.2) is 20.9 Å². The lowest BCUT2D eigenvalue weighted by atomic mass is 10.4. The number of carbonyl (C=O) groups is 1. The second kappa shape index (κ2) is 2.69. The van der Waals surface area contributed by atoms with Crippen LogP contribution >= 0.6 is 0 Å². The molecule has 60 valence electrons. The Morgan fingerprint density at radius 1 is 1.91 bits per heavy atom. The maximum atomic E-state index is 12.6. The van der Waals surface area contributed by atoms with Crippen LogP contribution < -0.4 is 0 Å². The van der Waals surface area contributed by atoms with E-state index in [2.05, 4.69) is 5.10 Å². The number of carboxylic acid groups (broad SMARTS) is 1. The van der Waals surface area contributed by atoms with Crippen LogP contribution in [0.5, 0.6) is 0 Å². The highest BCUT2D eigenvalue weighted by atomic mass is 19.1. The average Bonchev–Trinajstić information content (AvgIpc) is 2.31. The summed E-state index contributed by atoms with van der Waals surface area (Å²) in [4.78, 5) is 10.2. The molecule has 0 bridgehead atoms. The van der Waals surface area contributed by atoms with Gasteiger partial charge in [0.2, 0.25) is 5.95 Å². The van der Waals surface area contributed by atoms with Gasteiger partial charge in [-0.2, -0.15) is 9.49 Å². The lowest BCUT2D eigenvalue weighted by Crippen LogP contribution is -2.02. The van der Waals surface area contributed by atoms with Crippen LogP contribution in [0.3, 0.4) is 0 Å². The van der Waals surface area contributed by atoms with E-state index < -0.39 is 11.9 Å². The highest BCUT2D eigenvalue weighted by Crippen LogP contribution is 2.01. The van der Waals surface area contributed by atoms with Crippen LogP contribution in [0, 0.1) is 5.95 Å². The van der Waals surface area contributed by atoms with E-state index in [1.165, 1.54) is 0 Å². The quantitative estimate of drug-likeness (QED) is 0.690. The third-order valence-electron chi connectivity index (χ3n) is 1.25. The van der Waals surface area contributed by atoms with Gasteiger partial charge < -0.3 is 5.11 Å². The topological polar surface area (TPSA) is 55.1 Å². The molecular weight excluding hydrogens is 151 g/mol. The molecule has 0 saturated carbocycles. The van der Waals surface area contributed by atoms with Crippen LogP contribution in [0.4, 0.5) is 4.39 Å². The number of rotatable bonds is 2. The molecule has 11 heavy (non-hydrogen) atoms. The van der Waals surface area contributed by atoms with Gasteiger partial charge in [0.1, 0.15) is 0 Å². The Balaban J connectivity index is 3.05. The van der Waals surface area contributed by atoms with Crippen molar-refractivity contribution in [2.75, 3.05) is 0 Å². The number of hydrogen-bond acceptors (Lipinski definition) is 2. The van der Waals surface area contributed by atoms with Gasteiger partial charge in [0.15, 0.2) is 5.69 Å². The van der Waals surface area contributed by atoms with Gasteiger partial charge in [-0.15, -0.1) is 0 Å². The van der Waals surface area contributed by atoms with Gasteiger partial charge in [-0.1, -0.05) is 0 Å². The van der Waals surface area contributed by atoms with E-state index in [-0.39, 0.29) is 5.69 Å². The van der Waals surface area contributed by atoms with Crippen molar-refractivity contribution in [3.8, 4) is 0 Å². The van der Waals surface area contributed by atoms with Gasteiger partial charge in [0, 0.05) is 12.6 Å². The molecule has 1 heterocycles. The molecule has 0 aliphatic carbocycles. The Labute approximate surface area is 62.3 Å². The fourth-order valence-corrected chi connectivity index (χ4v) is 0.720. The van der Waals surface area contributed by atoms with E-state index in [1.807, 2.05) is 0 Å². The first-order chi connectivity index (χ1) is 5.15. The van der Waals surface area contributed by atoms with Gasteiger partial charge in [0.05, 0.1) is 0 Å². The molecule has 0 radical (unpaired) electrons. The number of aromatic carboxylic acids is 1. The lowest BCUT2D eigenvalue weighted by molar-refractivity contribution is 0.0689. The zero-order valence-electron chi connectivity index (χ0n) is 5.91. The number of nitrogens with zero attached hydrogens (tertiary/aromatic N) is 2. The monoisotopic (exact) mass is 158 g/mol. The third kappa shape index (κ3) is 1.36. The third-order valence-corrected chi connectivity index (χ3v) is 1.25. The Hall–Kier alpha value is -1.39. The predicted molar refractivity (Wildman–Crippen MR) is 34.8 cm³/mol. The molecule has 5 heteroatoms. The van der Waals surface area contributed by atoms with Crippen molar-refractivity contribution in [1.29, 1.82) is 0 Å². The molecule has 1 rings (SSSR count). The van der Waals surface area contributed by atoms with Gasteiger partial charge in [-0.25, -0.2) is 9.48 Å². The van der Waals surface area contributed by atoms with Crippen molar-refractivity contribution in [2.24, 2.45) is 0 Å². The van der Waals surface area contributed by atoms with E-state index in [0.717, 1.165) is 10.7 Å². The smallest absolute Gasteiger partial charge is 0.356 e. The first kappa shape index (κ1) is 7.71. The minimum atomic E-state index is -1.21. The Kier molecular flexibility index (Phi) is 1.89. The normalized spacial score (nSPS) is 10.0. The lowest BCUT2D eigenvalue weighted by Gasteiger charge is -1.92. The molecule has 0 aromatic carbocycles. The molecule has 1 aromatic heterocycles. The Morgan fingerprint density at radius 2 is 2.55 bits per heavy atom. The van der Waals surface area contributed by atoms with Gasteiger partial charge >= 0.3 is 5.97 Å². The van der Waals surface area contributed by atoms with Gasteiger partial charge in [0.25, 0.3) is 0 Å². The number of hydrogen-bond donors (Lipinski definition) is 1. The summed E-state index contributed by atoms with van der Waals surface area (Å²) in [6.07, 6.45) is 0. The van der Waals surface area contributed by atoms with Crippen molar-refractivity contribution in [2.45, 2.75) is 13.5 Å². The molecule has 0 atom stereocenters. The molecule has 0 saturated heterocycles. The number of aromatic nitrogens is 2. The van der Waals surface area contributed by atoms with Crippen molar-refractivity contribution in [3.63, 3.8) is 0 Å². The minimum absolute atomic E-state index is 0.260. The van der Waals surface area contributed by atoms with E-state index in [0.29, 0.717) is 6.54 Å². The zero-order chi connectivity index (χ0) is 8.43. The van der Waals surface area contributed by atoms with Crippen LogP contribution in [0.2, 0.25) is 0 Å². The van der Waals surface area contributed by atoms with Crippen LogP contribution in [-0.2, 0) is 6.54 Å². The van der Waals surface area contributed by atoms with Crippen LogP contribution in [0.15, 0.2) is 6.07 Å². The van der Waals surface area contributed by atoms with Gasteiger partial charge in [-0.3, -0.25) is 0 Å². The fraction of sp³-hybridized carbons (Fsp3) is 0.333. The van der Waals surface area contributed by atoms with Gasteiger partial charge in [-0.05, 0) is 6.92 Å². The van der Waals surface area contributed by atoms with Crippen LogP contribution in [0.25, 0.3) is 0 Å². The molecule has 0 spiro atoms. The number of halogens is 1. The Bertz CT molecular complexity index is 282. The van der Waals surface area contributed by atoms with E-state index in [1.54, 1.807) is 6.92 Å². The van der Waals surface area contributed by atoms with E-state index in [9.17, 15) is 9.18 Å². The summed E-state index contributed by atoms with van der Waals surface area (Å²) in [6, 6.07) is 0.895. The maximum Gasteiger partial charge on any atom is 0.356 e. The minimum Gasteiger partial charge on any atom is -0.476 e. The molecule has 4 nitrogen and oxygen atoms in total. The summed E-state index contributed by atoms with van der Waals surface area (Å²) >= 11 is 0. The summed E-state index contributed by atoms with van der Waals surface area (Å²) in [5.74, 6) is -1.83. The molecule has 0 unspecified atom stereocenters. The Morgan fingerprint density at radius 3 is 2.82 bits per heavy atom. The second-order valence-corrected chi connectivity index (χ2v) is 1.97. The number of aryl methyl sites for hydroxylation is 1. The molecule has 0 fully saturated rings. The second-order valence-electron chi connectivity index (χ2n) is 1.97. The van der Waals surface area contributed by atoms with E-state index in [4.69, 9.17) is 5.11 Å². The first-order valence-electron chi connectivity index (χ1n) is 3.11. The van der Waals surface area contributed by atoms with Crippen molar-refractivity contribution < 1.29 is 14.3 Å². The molecule has 0 aliphatic rings. The fourth-order valence-electron chi connectivity index (χ4n) is 0.720. The molecule has 1 N–H and O–H groups in total. The molecular formula is C6H7FN2O2. The molecule has 0 amide bonds. The first-order valence-corrected chi connectivity index (χ1v) is 3.11. The van der Waals surface area contributed by atoms with E-state index >= 15 is 0 Å². The number of carboxylic acids is 1. The summed E-state index contributed by atoms with van der Waals surface area (Å²) < 4.78 is 13.6. The molecule has 0 aliphatic heterocycles. The summed E-state index contributed by atoms with van der Waals surface area (Å²) in [5.41, 5.74) is -0.260. The summed E-state index contributed by atoms with van der Waals surface area (Å²) in [5, 5.41) is 11.8. The predicted octanol–water partition coefficient (Wildman–Crippen LogP) is 0.740. The maximum absolute atomic E-state index is 12.6. The summed E-state index contributed by atoms with van der Waals surface area (Å²) in [6.45, 7) is 2.01. The highest BCUT2D eigenvalue weighted by molar-refractivity contribution is 5.85.